The minimum Gasteiger partial charge on any atom is -0.390 e. The maximum Gasteiger partial charge on any atom is 0.216 e. The molecule has 1 aromatic carbocycles. The van der Waals surface area contributed by atoms with Gasteiger partial charge < -0.3 is 26.0 Å². The van der Waals surface area contributed by atoms with Crippen LogP contribution in [0.25, 0.3) is 0 Å². The predicted molar refractivity (Wildman–Crippen MR) is 86.7 cm³/mol. The largest absolute Gasteiger partial charge is 0.390 e. The lowest BCUT2D eigenvalue weighted by Gasteiger charge is -2.33. The van der Waals surface area contributed by atoms with E-state index in [-0.39, 0.29) is 12.3 Å². The first-order chi connectivity index (χ1) is 10.9. The van der Waals surface area contributed by atoms with Gasteiger partial charge in [-0.1, -0.05) is 24.3 Å². The van der Waals surface area contributed by atoms with Crippen LogP contribution in [0.2, 0.25) is 0 Å². The van der Waals surface area contributed by atoms with Gasteiger partial charge in [-0.25, -0.2) is 0 Å². The molecule has 0 bridgehead atoms. The van der Waals surface area contributed by atoms with Crippen molar-refractivity contribution in [3.63, 3.8) is 0 Å². The lowest BCUT2D eigenvalue weighted by molar-refractivity contribution is -0.119. The number of carbonyl (C=O) groups is 1. The van der Waals surface area contributed by atoms with Gasteiger partial charge in [0, 0.05) is 13.5 Å². The van der Waals surface area contributed by atoms with E-state index in [0.29, 0.717) is 24.9 Å². The highest BCUT2D eigenvalue weighted by molar-refractivity contribution is 5.72. The lowest BCUT2D eigenvalue weighted by Crippen LogP contribution is -2.39. The van der Waals surface area contributed by atoms with Gasteiger partial charge in [0.25, 0.3) is 0 Å². The molecule has 6 nitrogen and oxygen atoms in total. The van der Waals surface area contributed by atoms with Crippen LogP contribution in [-0.2, 0) is 10.4 Å². The molecule has 128 valence electrons. The summed E-state index contributed by atoms with van der Waals surface area (Å²) in [5, 5.41) is 36.6. The average Bonchev–Trinajstić information content (AvgIpc) is 2.54. The second-order valence-electron chi connectivity index (χ2n) is 6.19. The Bertz CT molecular complexity index is 512. The third-order valence-electron chi connectivity index (χ3n) is 4.40. The van der Waals surface area contributed by atoms with E-state index in [4.69, 9.17) is 0 Å². The number of carbonyl (C=O) groups excluding carboxylic acids is 1. The number of piperidine rings is 1. The number of nitrogens with one attached hydrogen (secondary N) is 2. The molecule has 1 amide bonds. The minimum absolute atomic E-state index is 0.161. The van der Waals surface area contributed by atoms with Crippen LogP contribution in [0, 0.1) is 0 Å². The molecule has 6 heteroatoms. The summed E-state index contributed by atoms with van der Waals surface area (Å²) in [7, 11) is 0. The monoisotopic (exact) mass is 322 g/mol. The molecular formula is C17H26N2O4. The van der Waals surface area contributed by atoms with E-state index >= 15 is 0 Å². The fraction of sp³-hybridized carbons (Fsp3) is 0.588. The molecule has 0 radical (unpaired) electrons. The van der Waals surface area contributed by atoms with Gasteiger partial charge in [0.05, 0.1) is 11.7 Å². The van der Waals surface area contributed by atoms with Crippen LogP contribution in [-0.4, -0.2) is 47.0 Å². The molecular weight excluding hydrogens is 296 g/mol. The standard InChI is InChI=1S/C17H26N2O4/c1-12(20)19-9-6-15(21)16(22)13-2-4-14(5-3-13)17(23)7-10-18-11-8-17/h2-5,15-16,18,21-23H,6-11H2,1H3,(H,19,20). The Morgan fingerprint density at radius 2 is 1.87 bits per heavy atom. The van der Waals surface area contributed by atoms with Crippen LogP contribution in [0.5, 0.6) is 0 Å². The predicted octanol–water partition coefficient (Wildman–Crippen LogP) is 0.178. The molecule has 1 fully saturated rings. The Morgan fingerprint density at radius 3 is 2.43 bits per heavy atom. The highest BCUT2D eigenvalue weighted by Crippen LogP contribution is 2.31. The molecule has 0 aliphatic carbocycles. The van der Waals surface area contributed by atoms with Crippen molar-refractivity contribution < 1.29 is 20.1 Å². The molecule has 2 rings (SSSR count). The quantitative estimate of drug-likeness (QED) is 0.514. The summed E-state index contributed by atoms with van der Waals surface area (Å²) >= 11 is 0. The summed E-state index contributed by atoms with van der Waals surface area (Å²) in [5.41, 5.74) is 0.614. The maximum absolute atomic E-state index is 10.8. The van der Waals surface area contributed by atoms with Gasteiger partial charge in [-0.3, -0.25) is 4.79 Å². The maximum atomic E-state index is 10.8. The SMILES string of the molecule is CC(=O)NCCC(O)C(O)c1ccc(C2(O)CCNCC2)cc1. The van der Waals surface area contributed by atoms with Crippen molar-refractivity contribution in [2.45, 2.75) is 44.0 Å². The number of hydrogen-bond donors (Lipinski definition) is 5. The lowest BCUT2D eigenvalue weighted by atomic mass is 9.84. The van der Waals surface area contributed by atoms with Gasteiger partial charge in [0.1, 0.15) is 6.10 Å². The van der Waals surface area contributed by atoms with Crippen LogP contribution in [0.15, 0.2) is 24.3 Å². The van der Waals surface area contributed by atoms with Crippen molar-refractivity contribution in [3.05, 3.63) is 35.4 Å². The number of aliphatic hydroxyl groups is 3. The zero-order chi connectivity index (χ0) is 16.9. The number of amides is 1. The van der Waals surface area contributed by atoms with Crippen molar-refractivity contribution in [1.82, 2.24) is 10.6 Å². The minimum atomic E-state index is -1.01. The first-order valence-electron chi connectivity index (χ1n) is 8.06. The molecule has 0 saturated carbocycles. The first-order valence-corrected chi connectivity index (χ1v) is 8.06. The molecule has 1 aromatic rings. The fourth-order valence-corrected chi connectivity index (χ4v) is 2.90. The second-order valence-corrected chi connectivity index (χ2v) is 6.19. The zero-order valence-corrected chi connectivity index (χ0v) is 13.5. The molecule has 0 spiro atoms. The van der Waals surface area contributed by atoms with Gasteiger partial charge in [0.2, 0.25) is 5.91 Å². The topological polar surface area (TPSA) is 102 Å². The van der Waals surface area contributed by atoms with Crippen LogP contribution in [0.4, 0.5) is 0 Å². The van der Waals surface area contributed by atoms with Crippen LogP contribution in [0.1, 0.15) is 43.4 Å². The van der Waals surface area contributed by atoms with Gasteiger partial charge in [0.15, 0.2) is 0 Å². The van der Waals surface area contributed by atoms with E-state index in [1.807, 2.05) is 12.1 Å². The van der Waals surface area contributed by atoms with Gasteiger partial charge in [-0.2, -0.15) is 0 Å². The van der Waals surface area contributed by atoms with Crippen molar-refractivity contribution in [1.29, 1.82) is 0 Å². The highest BCUT2D eigenvalue weighted by atomic mass is 16.3. The van der Waals surface area contributed by atoms with Crippen LogP contribution < -0.4 is 10.6 Å². The van der Waals surface area contributed by atoms with Crippen LogP contribution >= 0.6 is 0 Å². The normalized spacial score (nSPS) is 19.8. The summed E-state index contributed by atoms with van der Waals surface area (Å²) in [6, 6.07) is 7.10. The average molecular weight is 322 g/mol. The number of hydrogen-bond acceptors (Lipinski definition) is 5. The van der Waals surface area contributed by atoms with Crippen LogP contribution in [0.3, 0.4) is 0 Å². The first kappa shape index (κ1) is 17.9. The summed E-state index contributed by atoms with van der Waals surface area (Å²) in [5.74, 6) is -0.161. The van der Waals surface area contributed by atoms with Crippen molar-refractivity contribution in [2.24, 2.45) is 0 Å². The van der Waals surface area contributed by atoms with Crippen molar-refractivity contribution in [3.8, 4) is 0 Å². The smallest absolute Gasteiger partial charge is 0.216 e. The zero-order valence-electron chi connectivity index (χ0n) is 13.5. The summed E-state index contributed by atoms with van der Waals surface area (Å²) in [6.45, 7) is 3.29. The van der Waals surface area contributed by atoms with Crippen molar-refractivity contribution >= 4 is 5.91 Å². The Balaban J connectivity index is 1.96. The summed E-state index contributed by atoms with van der Waals surface area (Å²) in [4.78, 5) is 10.8. The molecule has 1 aliphatic heterocycles. The Hall–Kier alpha value is -1.47. The molecule has 1 saturated heterocycles. The molecule has 5 N–H and O–H groups in total. The molecule has 2 unspecified atom stereocenters. The fourth-order valence-electron chi connectivity index (χ4n) is 2.90. The summed E-state index contributed by atoms with van der Waals surface area (Å²) < 4.78 is 0. The second kappa shape index (κ2) is 7.88. The molecule has 1 heterocycles. The Kier molecular flexibility index (Phi) is 6.12. The van der Waals surface area contributed by atoms with Gasteiger partial charge >= 0.3 is 0 Å². The molecule has 23 heavy (non-hydrogen) atoms. The number of aliphatic hydroxyl groups excluding tert-OH is 2. The van der Waals surface area contributed by atoms with E-state index in [1.54, 1.807) is 12.1 Å². The number of benzene rings is 1. The Morgan fingerprint density at radius 1 is 1.26 bits per heavy atom. The third kappa shape index (κ3) is 4.75. The summed E-state index contributed by atoms with van der Waals surface area (Å²) in [6.07, 6.45) is -0.365. The van der Waals surface area contributed by atoms with Crippen molar-refractivity contribution in [2.75, 3.05) is 19.6 Å². The van der Waals surface area contributed by atoms with E-state index in [1.165, 1.54) is 6.92 Å². The Labute approximate surface area is 136 Å². The molecule has 1 aliphatic rings. The number of rotatable bonds is 6. The van der Waals surface area contributed by atoms with Gasteiger partial charge in [-0.15, -0.1) is 0 Å². The molecule has 0 aromatic heterocycles. The third-order valence-corrected chi connectivity index (χ3v) is 4.40. The van der Waals surface area contributed by atoms with E-state index < -0.39 is 17.8 Å². The van der Waals surface area contributed by atoms with E-state index in [2.05, 4.69) is 10.6 Å². The highest BCUT2D eigenvalue weighted by Gasteiger charge is 2.31. The molecule has 2 atom stereocenters. The van der Waals surface area contributed by atoms with E-state index in [0.717, 1.165) is 18.7 Å². The van der Waals surface area contributed by atoms with Gasteiger partial charge in [-0.05, 0) is 43.5 Å². The van der Waals surface area contributed by atoms with E-state index in [9.17, 15) is 20.1 Å².